The van der Waals surface area contributed by atoms with Crippen molar-refractivity contribution in [2.75, 3.05) is 0 Å². The Bertz CT molecular complexity index is 549. The summed E-state index contributed by atoms with van der Waals surface area (Å²) in [6, 6.07) is 7.13. The summed E-state index contributed by atoms with van der Waals surface area (Å²) < 4.78 is 1.52. The first-order valence-corrected chi connectivity index (χ1v) is 4.98. The van der Waals surface area contributed by atoms with Crippen molar-refractivity contribution in [2.45, 2.75) is 0 Å². The van der Waals surface area contributed by atoms with Crippen LogP contribution in [0.3, 0.4) is 0 Å². The Hall–Kier alpha value is -1.81. The Balaban J connectivity index is 2.53. The van der Waals surface area contributed by atoms with Gasteiger partial charge in [0, 0.05) is 17.6 Å². The summed E-state index contributed by atoms with van der Waals surface area (Å²) in [5.74, 6) is -0.414. The fourth-order valence-electron chi connectivity index (χ4n) is 1.50. The molecule has 0 atom stereocenters. The number of halogens is 1. The van der Waals surface area contributed by atoms with Gasteiger partial charge in [0.05, 0.1) is 6.20 Å². The number of hydrogen-bond acceptors (Lipinski definition) is 2. The molecule has 0 amide bonds. The van der Waals surface area contributed by atoms with Crippen molar-refractivity contribution in [3.05, 3.63) is 41.2 Å². The molecular weight excluding hydrogens is 228 g/mol. The zero-order valence-corrected chi connectivity index (χ0v) is 9.27. The highest BCUT2D eigenvalue weighted by Gasteiger charge is 2.13. The van der Waals surface area contributed by atoms with Gasteiger partial charge >= 0.3 is 5.97 Å². The molecule has 0 unspecified atom stereocenters. The van der Waals surface area contributed by atoms with E-state index in [2.05, 4.69) is 4.98 Å². The van der Waals surface area contributed by atoms with Crippen LogP contribution in [0, 0.1) is 0 Å². The van der Waals surface area contributed by atoms with Crippen molar-refractivity contribution >= 4 is 17.6 Å². The van der Waals surface area contributed by atoms with E-state index in [1.807, 2.05) is 6.07 Å². The van der Waals surface area contributed by atoms with Gasteiger partial charge in [0.1, 0.15) is 11.5 Å². The van der Waals surface area contributed by atoms with Gasteiger partial charge in [-0.05, 0) is 12.1 Å². The first-order chi connectivity index (χ1) is 7.59. The molecule has 2 rings (SSSR count). The largest absolute Gasteiger partial charge is 0.477 e. The fraction of sp³-hybridized carbons (Fsp3) is 0.0909. The zero-order valence-electron chi connectivity index (χ0n) is 8.51. The van der Waals surface area contributed by atoms with Crippen molar-refractivity contribution in [3.63, 3.8) is 0 Å². The monoisotopic (exact) mass is 236 g/mol. The van der Waals surface area contributed by atoms with Crippen LogP contribution in [0.1, 0.15) is 10.5 Å². The number of benzene rings is 1. The van der Waals surface area contributed by atoms with Crippen molar-refractivity contribution in [1.82, 2.24) is 9.55 Å². The predicted molar refractivity (Wildman–Crippen MR) is 60.6 cm³/mol. The average Bonchev–Trinajstić information content (AvgIpc) is 2.60. The van der Waals surface area contributed by atoms with E-state index in [0.29, 0.717) is 10.8 Å². The number of imidazole rings is 1. The first-order valence-electron chi connectivity index (χ1n) is 4.60. The summed E-state index contributed by atoms with van der Waals surface area (Å²) >= 11 is 5.86. The summed E-state index contributed by atoms with van der Waals surface area (Å²) in [7, 11) is 1.66. The van der Waals surface area contributed by atoms with Gasteiger partial charge in [0.2, 0.25) is 0 Å². The topological polar surface area (TPSA) is 55.1 Å². The maximum absolute atomic E-state index is 10.8. The van der Waals surface area contributed by atoms with Crippen LogP contribution in [0.5, 0.6) is 0 Å². The molecular formula is C11H9ClN2O2. The second-order valence-corrected chi connectivity index (χ2v) is 3.78. The van der Waals surface area contributed by atoms with E-state index >= 15 is 0 Å². The molecule has 0 aliphatic rings. The molecule has 0 fully saturated rings. The fourth-order valence-corrected chi connectivity index (χ4v) is 1.69. The standard InChI is InChI=1S/C11H9ClN2O2/c1-14-9(11(15)16)6-13-10(14)7-3-2-4-8(12)5-7/h2-6H,1H3,(H,15,16). The molecule has 82 valence electrons. The quantitative estimate of drug-likeness (QED) is 0.871. The van der Waals surface area contributed by atoms with Crippen LogP contribution < -0.4 is 0 Å². The van der Waals surface area contributed by atoms with Crippen LogP contribution >= 0.6 is 11.6 Å². The number of nitrogens with zero attached hydrogens (tertiary/aromatic N) is 2. The molecule has 5 heteroatoms. The number of carboxylic acid groups (broad SMARTS) is 1. The second-order valence-electron chi connectivity index (χ2n) is 3.34. The summed E-state index contributed by atoms with van der Waals surface area (Å²) in [5.41, 5.74) is 0.942. The Labute approximate surface area is 97.1 Å². The molecule has 2 aromatic rings. The number of hydrogen-bond donors (Lipinski definition) is 1. The Kier molecular flexibility index (Phi) is 2.66. The molecule has 0 saturated heterocycles. The van der Waals surface area contributed by atoms with Gasteiger partial charge in [-0.25, -0.2) is 9.78 Å². The molecule has 0 aliphatic heterocycles. The lowest BCUT2D eigenvalue weighted by atomic mass is 10.2. The van der Waals surface area contributed by atoms with Crippen molar-refractivity contribution < 1.29 is 9.90 Å². The Morgan fingerprint density at radius 2 is 2.25 bits per heavy atom. The second kappa shape index (κ2) is 3.98. The van der Waals surface area contributed by atoms with Gasteiger partial charge in [-0.2, -0.15) is 0 Å². The average molecular weight is 237 g/mol. The molecule has 0 aliphatic carbocycles. The van der Waals surface area contributed by atoms with Crippen molar-refractivity contribution in [1.29, 1.82) is 0 Å². The first kappa shape index (κ1) is 10.7. The Morgan fingerprint density at radius 1 is 1.50 bits per heavy atom. The maximum atomic E-state index is 10.8. The van der Waals surface area contributed by atoms with E-state index in [-0.39, 0.29) is 5.69 Å². The molecule has 16 heavy (non-hydrogen) atoms. The lowest BCUT2D eigenvalue weighted by Crippen LogP contribution is -2.05. The number of aromatic carboxylic acids is 1. The summed E-state index contributed by atoms with van der Waals surface area (Å²) in [6.07, 6.45) is 1.33. The Morgan fingerprint density at radius 3 is 2.81 bits per heavy atom. The minimum Gasteiger partial charge on any atom is -0.477 e. The van der Waals surface area contributed by atoms with Crippen LogP contribution in [0.4, 0.5) is 0 Å². The number of carbonyl (C=O) groups is 1. The van der Waals surface area contributed by atoms with E-state index in [0.717, 1.165) is 5.56 Å². The van der Waals surface area contributed by atoms with E-state index < -0.39 is 5.97 Å². The van der Waals surface area contributed by atoms with E-state index in [9.17, 15) is 4.79 Å². The van der Waals surface area contributed by atoms with E-state index in [1.165, 1.54) is 10.8 Å². The molecule has 4 nitrogen and oxygen atoms in total. The lowest BCUT2D eigenvalue weighted by molar-refractivity contribution is 0.0686. The van der Waals surface area contributed by atoms with Crippen LogP contribution in [0.25, 0.3) is 11.4 Å². The van der Waals surface area contributed by atoms with Crippen LogP contribution in [-0.4, -0.2) is 20.6 Å². The van der Waals surface area contributed by atoms with Gasteiger partial charge in [0.25, 0.3) is 0 Å². The lowest BCUT2D eigenvalue weighted by Gasteiger charge is -2.03. The maximum Gasteiger partial charge on any atom is 0.354 e. The van der Waals surface area contributed by atoms with Gasteiger partial charge in [-0.3, -0.25) is 0 Å². The van der Waals surface area contributed by atoms with Gasteiger partial charge in [-0.15, -0.1) is 0 Å². The van der Waals surface area contributed by atoms with Gasteiger partial charge < -0.3 is 9.67 Å². The third-order valence-electron chi connectivity index (χ3n) is 2.29. The molecule has 1 aromatic carbocycles. The molecule has 0 spiro atoms. The normalized spacial score (nSPS) is 10.4. The molecule has 1 heterocycles. The molecule has 0 saturated carbocycles. The molecule has 1 aromatic heterocycles. The predicted octanol–water partition coefficient (Wildman–Crippen LogP) is 2.44. The minimum absolute atomic E-state index is 0.148. The summed E-state index contributed by atoms with van der Waals surface area (Å²) in [4.78, 5) is 14.9. The summed E-state index contributed by atoms with van der Waals surface area (Å²) in [6.45, 7) is 0. The van der Waals surface area contributed by atoms with E-state index in [1.54, 1.807) is 25.2 Å². The van der Waals surface area contributed by atoms with E-state index in [4.69, 9.17) is 16.7 Å². The molecule has 0 bridgehead atoms. The van der Waals surface area contributed by atoms with Gasteiger partial charge in [0.15, 0.2) is 0 Å². The number of aromatic nitrogens is 2. The third-order valence-corrected chi connectivity index (χ3v) is 2.53. The molecule has 1 N–H and O–H groups in total. The summed E-state index contributed by atoms with van der Waals surface area (Å²) in [5, 5.41) is 9.49. The smallest absolute Gasteiger partial charge is 0.354 e. The van der Waals surface area contributed by atoms with Crippen LogP contribution in [0.2, 0.25) is 5.02 Å². The highest BCUT2D eigenvalue weighted by Crippen LogP contribution is 2.21. The highest BCUT2D eigenvalue weighted by molar-refractivity contribution is 6.30. The van der Waals surface area contributed by atoms with Crippen LogP contribution in [0.15, 0.2) is 30.5 Å². The van der Waals surface area contributed by atoms with Gasteiger partial charge in [-0.1, -0.05) is 23.7 Å². The van der Waals surface area contributed by atoms with Crippen LogP contribution in [-0.2, 0) is 7.05 Å². The third kappa shape index (κ3) is 1.79. The van der Waals surface area contributed by atoms with Crippen molar-refractivity contribution in [2.24, 2.45) is 7.05 Å². The number of carboxylic acids is 1. The molecule has 0 radical (unpaired) electrons. The van der Waals surface area contributed by atoms with Crippen molar-refractivity contribution in [3.8, 4) is 11.4 Å². The number of rotatable bonds is 2. The zero-order chi connectivity index (χ0) is 11.7. The highest BCUT2D eigenvalue weighted by atomic mass is 35.5. The minimum atomic E-state index is -0.997. The SMILES string of the molecule is Cn1c(C(=O)O)cnc1-c1cccc(Cl)c1.